The normalized spacial score (nSPS) is 35.3. The summed E-state index contributed by atoms with van der Waals surface area (Å²) >= 11 is 5.96. The Labute approximate surface area is 146 Å². The number of nitrogens with one attached hydrogen (secondary N) is 2. The Balaban J connectivity index is 1.90. The summed E-state index contributed by atoms with van der Waals surface area (Å²) in [5.41, 5.74) is -1.64. The lowest BCUT2D eigenvalue weighted by molar-refractivity contribution is -0.163. The van der Waals surface area contributed by atoms with Gasteiger partial charge >= 0.3 is 0 Å². The molecule has 2 bridgehead atoms. The first kappa shape index (κ1) is 17.0. The predicted molar refractivity (Wildman–Crippen MR) is 91.4 cm³/mol. The summed E-state index contributed by atoms with van der Waals surface area (Å²) < 4.78 is 0. The number of hydrogen-bond donors (Lipinski definition) is 2. The van der Waals surface area contributed by atoms with E-state index in [0.29, 0.717) is 30.0 Å². The molecule has 2 atom stereocenters. The Morgan fingerprint density at radius 1 is 1.08 bits per heavy atom. The number of carbonyl (C=O) groups excluding carboxylic acids is 3. The predicted octanol–water partition coefficient (Wildman–Crippen LogP) is 3.14. The van der Waals surface area contributed by atoms with Gasteiger partial charge in [-0.2, -0.15) is 0 Å². The van der Waals surface area contributed by atoms with Crippen LogP contribution in [0.3, 0.4) is 0 Å². The largest absolute Gasteiger partial charge is 0.326 e. The van der Waals surface area contributed by atoms with Gasteiger partial charge in [-0.25, -0.2) is 0 Å². The average Bonchev–Trinajstić information content (AvgIpc) is 2.44. The fourth-order valence-electron chi connectivity index (χ4n) is 4.51. The van der Waals surface area contributed by atoms with E-state index < -0.39 is 16.2 Å². The van der Waals surface area contributed by atoms with E-state index in [4.69, 9.17) is 11.6 Å². The minimum absolute atomic E-state index is 0.190. The maximum Gasteiger partial charge on any atom is 0.232 e. The summed E-state index contributed by atoms with van der Waals surface area (Å²) in [5.74, 6) is -0.762. The smallest absolute Gasteiger partial charge is 0.232 e. The van der Waals surface area contributed by atoms with Crippen LogP contribution in [0.2, 0.25) is 5.02 Å². The number of imide groups is 1. The van der Waals surface area contributed by atoms with Crippen molar-refractivity contribution in [3.63, 3.8) is 0 Å². The summed E-state index contributed by atoms with van der Waals surface area (Å²) in [6.45, 7) is 5.49. The molecule has 3 amide bonds. The third-order valence-electron chi connectivity index (χ3n) is 5.30. The van der Waals surface area contributed by atoms with Gasteiger partial charge in [-0.15, -0.1) is 0 Å². The molecule has 0 spiro atoms. The second-order valence-electron chi connectivity index (χ2n) is 7.96. The summed E-state index contributed by atoms with van der Waals surface area (Å²) in [6.07, 6.45) is 1.28. The molecule has 128 valence electrons. The molecule has 2 aliphatic rings. The first-order valence-corrected chi connectivity index (χ1v) is 8.37. The van der Waals surface area contributed by atoms with Gasteiger partial charge in [0.2, 0.25) is 17.7 Å². The van der Waals surface area contributed by atoms with Gasteiger partial charge in [0, 0.05) is 27.0 Å². The maximum absolute atomic E-state index is 12.9. The van der Waals surface area contributed by atoms with Gasteiger partial charge in [0.15, 0.2) is 0 Å². The van der Waals surface area contributed by atoms with Crippen LogP contribution in [0.1, 0.15) is 40.0 Å². The third kappa shape index (κ3) is 2.71. The second kappa shape index (κ2) is 5.31. The molecule has 1 aliphatic heterocycles. The molecule has 6 heteroatoms. The van der Waals surface area contributed by atoms with Crippen molar-refractivity contribution in [3.8, 4) is 0 Å². The minimum atomic E-state index is -0.808. The topological polar surface area (TPSA) is 75.3 Å². The summed E-state index contributed by atoms with van der Waals surface area (Å²) in [4.78, 5) is 37.6. The van der Waals surface area contributed by atoms with Crippen LogP contribution in [0, 0.1) is 16.2 Å². The Morgan fingerprint density at radius 2 is 1.67 bits per heavy atom. The number of anilines is 1. The molecule has 5 nitrogen and oxygen atoms in total. The zero-order valence-corrected chi connectivity index (χ0v) is 14.8. The summed E-state index contributed by atoms with van der Waals surface area (Å²) in [5, 5.41) is 5.88. The van der Waals surface area contributed by atoms with Crippen molar-refractivity contribution in [2.75, 3.05) is 5.32 Å². The molecule has 2 fully saturated rings. The van der Waals surface area contributed by atoms with Crippen LogP contribution in [0.25, 0.3) is 0 Å². The van der Waals surface area contributed by atoms with Crippen LogP contribution >= 0.6 is 11.6 Å². The van der Waals surface area contributed by atoms with Gasteiger partial charge in [0.05, 0.1) is 0 Å². The van der Waals surface area contributed by atoms with Crippen LogP contribution in [-0.4, -0.2) is 17.7 Å². The number of benzene rings is 1. The fraction of sp³-hybridized carbons (Fsp3) is 0.500. The lowest BCUT2D eigenvalue weighted by atomic mass is 9.52. The van der Waals surface area contributed by atoms with Crippen molar-refractivity contribution >= 4 is 35.0 Å². The monoisotopic (exact) mass is 348 g/mol. The van der Waals surface area contributed by atoms with E-state index in [1.165, 1.54) is 0 Å². The van der Waals surface area contributed by atoms with Crippen molar-refractivity contribution < 1.29 is 14.4 Å². The lowest BCUT2D eigenvalue weighted by Gasteiger charge is -2.53. The average molecular weight is 349 g/mol. The van der Waals surface area contributed by atoms with Crippen LogP contribution in [0.5, 0.6) is 0 Å². The Morgan fingerprint density at radius 3 is 2.21 bits per heavy atom. The molecular formula is C18H21ClN2O3. The number of carbonyl (C=O) groups is 3. The van der Waals surface area contributed by atoms with Gasteiger partial charge in [-0.05, 0) is 37.5 Å². The first-order chi connectivity index (χ1) is 11.1. The van der Waals surface area contributed by atoms with E-state index in [9.17, 15) is 14.4 Å². The van der Waals surface area contributed by atoms with E-state index >= 15 is 0 Å². The molecule has 1 saturated carbocycles. The standard InChI is InChI=1S/C18H21ClN2O3/c1-16(13(22)20-12-6-4-5-11(19)7-12)8-17(2)10-18(3,9-16)15(24)21-14(17)23/h4-7H,8-10H2,1-3H3,(H,20,22)(H,21,23,24). The van der Waals surface area contributed by atoms with Crippen molar-refractivity contribution in [2.45, 2.75) is 40.0 Å². The number of piperidine rings is 1. The van der Waals surface area contributed by atoms with Gasteiger partial charge in [0.25, 0.3) is 0 Å². The quantitative estimate of drug-likeness (QED) is 0.806. The molecule has 1 aromatic carbocycles. The highest BCUT2D eigenvalue weighted by molar-refractivity contribution is 6.30. The molecule has 3 rings (SSSR count). The third-order valence-corrected chi connectivity index (χ3v) is 5.53. The zero-order chi connectivity index (χ0) is 17.8. The van der Waals surface area contributed by atoms with E-state index in [2.05, 4.69) is 10.6 Å². The van der Waals surface area contributed by atoms with E-state index in [0.717, 1.165) is 0 Å². The van der Waals surface area contributed by atoms with Gasteiger partial charge in [0.1, 0.15) is 0 Å². The molecule has 1 aliphatic carbocycles. The van der Waals surface area contributed by atoms with Crippen molar-refractivity contribution in [3.05, 3.63) is 29.3 Å². The van der Waals surface area contributed by atoms with E-state index in [1.807, 2.05) is 20.8 Å². The molecule has 0 radical (unpaired) electrons. The summed E-state index contributed by atoms with van der Waals surface area (Å²) in [6, 6.07) is 6.93. The number of hydrogen-bond acceptors (Lipinski definition) is 3. The fourth-order valence-corrected chi connectivity index (χ4v) is 4.70. The number of fused-ring (bicyclic) bond motifs is 2. The Kier molecular flexibility index (Phi) is 3.75. The molecule has 1 aromatic rings. The zero-order valence-electron chi connectivity index (χ0n) is 14.0. The molecule has 1 saturated heterocycles. The van der Waals surface area contributed by atoms with E-state index in [1.54, 1.807) is 24.3 Å². The molecular weight excluding hydrogens is 328 g/mol. The molecule has 1 heterocycles. The minimum Gasteiger partial charge on any atom is -0.326 e. The van der Waals surface area contributed by atoms with Gasteiger partial charge < -0.3 is 5.32 Å². The van der Waals surface area contributed by atoms with Gasteiger partial charge in [-0.3, -0.25) is 19.7 Å². The molecule has 24 heavy (non-hydrogen) atoms. The van der Waals surface area contributed by atoms with Crippen LogP contribution in [-0.2, 0) is 14.4 Å². The number of rotatable bonds is 2. The number of amides is 3. The van der Waals surface area contributed by atoms with Gasteiger partial charge in [-0.1, -0.05) is 38.4 Å². The first-order valence-electron chi connectivity index (χ1n) is 7.99. The maximum atomic E-state index is 12.9. The number of halogens is 1. The van der Waals surface area contributed by atoms with Crippen molar-refractivity contribution in [1.29, 1.82) is 0 Å². The molecule has 2 unspecified atom stereocenters. The molecule has 0 aromatic heterocycles. The highest BCUT2D eigenvalue weighted by Gasteiger charge is 2.60. The second-order valence-corrected chi connectivity index (χ2v) is 8.40. The van der Waals surface area contributed by atoms with Crippen LogP contribution in [0.4, 0.5) is 5.69 Å². The molecule has 2 N–H and O–H groups in total. The Hall–Kier alpha value is -1.88. The van der Waals surface area contributed by atoms with Crippen LogP contribution in [0.15, 0.2) is 24.3 Å². The van der Waals surface area contributed by atoms with E-state index in [-0.39, 0.29) is 17.7 Å². The van der Waals surface area contributed by atoms with Crippen LogP contribution < -0.4 is 10.6 Å². The highest BCUT2D eigenvalue weighted by atomic mass is 35.5. The highest BCUT2D eigenvalue weighted by Crippen LogP contribution is 2.56. The SMILES string of the molecule is CC12CC(C)(CC(C)(C(=O)Nc3cccc(Cl)c3)C1)C(=O)NC2=O. The van der Waals surface area contributed by atoms with Crippen molar-refractivity contribution in [2.24, 2.45) is 16.2 Å². The lowest BCUT2D eigenvalue weighted by Crippen LogP contribution is -2.63. The van der Waals surface area contributed by atoms with Crippen molar-refractivity contribution in [1.82, 2.24) is 5.32 Å². The Bertz CT molecular complexity index is 720. The summed E-state index contributed by atoms with van der Waals surface area (Å²) in [7, 11) is 0.